The molecule has 3 N–H and O–H groups in total. The van der Waals surface area contributed by atoms with Gasteiger partial charge in [-0.1, -0.05) is 12.1 Å². The molecule has 1 saturated heterocycles. The van der Waals surface area contributed by atoms with Crippen molar-refractivity contribution in [2.45, 2.75) is 37.2 Å². The van der Waals surface area contributed by atoms with Crippen molar-refractivity contribution >= 4 is 15.9 Å². The van der Waals surface area contributed by atoms with Crippen molar-refractivity contribution in [3.05, 3.63) is 29.3 Å². The largest absolute Gasteiger partial charge is 0.344 e. The number of nitrogens with one attached hydrogen (secondary N) is 1. The van der Waals surface area contributed by atoms with Crippen molar-refractivity contribution < 1.29 is 13.2 Å². The molecular weight excluding hydrogens is 290 g/mol. The maximum absolute atomic E-state index is 12.5. The third-order valence-electron chi connectivity index (χ3n) is 3.73. The van der Waals surface area contributed by atoms with Gasteiger partial charge < -0.3 is 10.6 Å². The lowest BCUT2D eigenvalue weighted by atomic mass is 10.1. The summed E-state index contributed by atoms with van der Waals surface area (Å²) >= 11 is 0. The van der Waals surface area contributed by atoms with Crippen LogP contribution < -0.4 is 10.5 Å². The van der Waals surface area contributed by atoms with Gasteiger partial charge in [-0.3, -0.25) is 4.79 Å². The smallest absolute Gasteiger partial charge is 0.241 e. The molecule has 6 nitrogen and oxygen atoms in total. The van der Waals surface area contributed by atoms with Gasteiger partial charge in [0.05, 0.1) is 4.90 Å². The molecule has 0 aromatic heterocycles. The van der Waals surface area contributed by atoms with Crippen molar-refractivity contribution in [2.24, 2.45) is 5.73 Å². The van der Waals surface area contributed by atoms with Crippen LogP contribution in [0.1, 0.15) is 24.0 Å². The van der Waals surface area contributed by atoms with Crippen molar-refractivity contribution in [3.63, 3.8) is 0 Å². The molecule has 21 heavy (non-hydrogen) atoms. The Bertz CT molecular complexity index is 643. The number of sulfonamides is 1. The van der Waals surface area contributed by atoms with Crippen molar-refractivity contribution in [1.29, 1.82) is 0 Å². The molecule has 116 valence electrons. The van der Waals surface area contributed by atoms with E-state index in [4.69, 9.17) is 5.73 Å². The van der Waals surface area contributed by atoms with Crippen molar-refractivity contribution in [3.8, 4) is 0 Å². The normalized spacial score (nSPS) is 19.9. The number of nitrogens with two attached hydrogens (primary N) is 1. The Labute approximate surface area is 125 Å². The molecule has 1 aliphatic rings. The van der Waals surface area contributed by atoms with Crippen LogP contribution in [0.25, 0.3) is 0 Å². The van der Waals surface area contributed by atoms with E-state index in [1.54, 1.807) is 31.0 Å². The summed E-state index contributed by atoms with van der Waals surface area (Å²) < 4.78 is 27.7. The number of piperidine rings is 1. The lowest BCUT2D eigenvalue weighted by molar-refractivity contribution is -0.132. The summed E-state index contributed by atoms with van der Waals surface area (Å²) in [5.41, 5.74) is 7.03. The highest BCUT2D eigenvalue weighted by molar-refractivity contribution is 7.89. The zero-order valence-corrected chi connectivity index (χ0v) is 13.1. The number of benzene rings is 1. The Balaban J connectivity index is 2.21. The minimum atomic E-state index is -3.61. The molecule has 0 radical (unpaired) electrons. The van der Waals surface area contributed by atoms with Gasteiger partial charge in [-0.25, -0.2) is 13.1 Å². The standard InChI is InChI=1S/C14H21N3O3S/c1-10-3-4-11(8-15)7-13(10)21(19,20)16-12-5-6-14(18)17(2)9-12/h3-4,7,12,16H,5-6,8-9,15H2,1-2H3. The number of nitrogens with zero attached hydrogens (tertiary/aromatic N) is 1. The van der Waals surface area contributed by atoms with Crippen LogP contribution in [0.15, 0.2) is 23.1 Å². The van der Waals surface area contributed by atoms with E-state index in [1.165, 1.54) is 0 Å². The second kappa shape index (κ2) is 6.13. The summed E-state index contributed by atoms with van der Waals surface area (Å²) in [5, 5.41) is 0. The van der Waals surface area contributed by atoms with Crippen molar-refractivity contribution in [2.75, 3.05) is 13.6 Å². The van der Waals surface area contributed by atoms with Gasteiger partial charge in [-0.05, 0) is 30.5 Å². The first kappa shape index (κ1) is 15.9. The van der Waals surface area contributed by atoms with Crippen LogP contribution in [0.5, 0.6) is 0 Å². The van der Waals surface area contributed by atoms with Gasteiger partial charge in [0.2, 0.25) is 15.9 Å². The fourth-order valence-electron chi connectivity index (χ4n) is 2.45. The van der Waals surface area contributed by atoms with E-state index in [0.29, 0.717) is 31.5 Å². The number of likely N-dealkylation sites (N-methyl/N-ethyl adjacent to an activating group) is 1. The number of carbonyl (C=O) groups is 1. The number of carbonyl (C=O) groups excluding carboxylic acids is 1. The monoisotopic (exact) mass is 311 g/mol. The van der Waals surface area contributed by atoms with E-state index in [2.05, 4.69) is 4.72 Å². The fraction of sp³-hybridized carbons (Fsp3) is 0.500. The second-order valence-corrected chi connectivity index (χ2v) is 7.12. The summed E-state index contributed by atoms with van der Waals surface area (Å²) in [6, 6.07) is 4.93. The number of hydrogen-bond donors (Lipinski definition) is 2. The quantitative estimate of drug-likeness (QED) is 0.839. The maximum Gasteiger partial charge on any atom is 0.241 e. The third kappa shape index (κ3) is 3.61. The Hall–Kier alpha value is -1.44. The van der Waals surface area contributed by atoms with E-state index in [-0.39, 0.29) is 16.8 Å². The van der Waals surface area contributed by atoms with Gasteiger partial charge in [-0.15, -0.1) is 0 Å². The second-order valence-electron chi connectivity index (χ2n) is 5.44. The van der Waals surface area contributed by atoms with Gasteiger partial charge in [0.1, 0.15) is 0 Å². The minimum Gasteiger partial charge on any atom is -0.344 e. The Morgan fingerprint density at radius 1 is 1.43 bits per heavy atom. The topological polar surface area (TPSA) is 92.5 Å². The molecular formula is C14H21N3O3S. The molecule has 2 rings (SSSR count). The SMILES string of the molecule is Cc1ccc(CN)cc1S(=O)(=O)NC1CCC(=O)N(C)C1. The van der Waals surface area contributed by atoms with E-state index in [1.807, 2.05) is 6.07 Å². The lowest BCUT2D eigenvalue weighted by Crippen LogP contribution is -2.48. The molecule has 1 unspecified atom stereocenters. The molecule has 1 fully saturated rings. The molecule has 1 aromatic rings. The molecule has 1 aliphatic heterocycles. The number of likely N-dealkylation sites (tertiary alicyclic amines) is 1. The average molecular weight is 311 g/mol. The number of amides is 1. The van der Waals surface area contributed by atoms with E-state index < -0.39 is 10.0 Å². The highest BCUT2D eigenvalue weighted by atomic mass is 32.2. The summed E-state index contributed by atoms with van der Waals surface area (Å²) in [5.74, 6) is 0.0479. The highest BCUT2D eigenvalue weighted by Crippen LogP contribution is 2.19. The van der Waals surface area contributed by atoms with E-state index >= 15 is 0 Å². The molecule has 1 heterocycles. The fourth-order valence-corrected chi connectivity index (χ4v) is 4.01. The minimum absolute atomic E-state index is 0.0479. The van der Waals surface area contributed by atoms with Gasteiger partial charge in [0.25, 0.3) is 0 Å². The molecule has 1 aromatic carbocycles. The zero-order valence-electron chi connectivity index (χ0n) is 12.3. The maximum atomic E-state index is 12.5. The molecule has 0 spiro atoms. The van der Waals surface area contributed by atoms with Crippen LogP contribution in [-0.2, 0) is 21.4 Å². The van der Waals surface area contributed by atoms with Crippen LogP contribution in [0.2, 0.25) is 0 Å². The molecule has 1 atom stereocenters. The molecule has 0 bridgehead atoms. The Kier molecular flexibility index (Phi) is 4.65. The first-order valence-corrected chi connectivity index (χ1v) is 8.37. The van der Waals surface area contributed by atoms with Crippen LogP contribution in [0.3, 0.4) is 0 Å². The summed E-state index contributed by atoms with van der Waals surface area (Å²) in [6.45, 7) is 2.45. The van der Waals surface area contributed by atoms with E-state index in [0.717, 1.165) is 5.56 Å². The highest BCUT2D eigenvalue weighted by Gasteiger charge is 2.28. The van der Waals surface area contributed by atoms with Gasteiger partial charge in [0, 0.05) is 32.6 Å². The predicted octanol–water partition coefficient (Wildman–Crippen LogP) is 0.353. The van der Waals surface area contributed by atoms with E-state index in [9.17, 15) is 13.2 Å². The predicted molar refractivity (Wildman–Crippen MR) is 80.1 cm³/mol. The Morgan fingerprint density at radius 3 is 2.76 bits per heavy atom. The molecule has 0 aliphatic carbocycles. The lowest BCUT2D eigenvalue weighted by Gasteiger charge is -2.30. The Morgan fingerprint density at radius 2 is 2.14 bits per heavy atom. The van der Waals surface area contributed by atoms with Gasteiger partial charge in [0.15, 0.2) is 0 Å². The van der Waals surface area contributed by atoms with Crippen LogP contribution >= 0.6 is 0 Å². The average Bonchev–Trinajstić information content (AvgIpc) is 2.43. The summed E-state index contributed by atoms with van der Waals surface area (Å²) in [7, 11) is -1.92. The van der Waals surface area contributed by atoms with Crippen LogP contribution in [-0.4, -0.2) is 38.9 Å². The first-order chi connectivity index (χ1) is 9.83. The van der Waals surface area contributed by atoms with Crippen LogP contribution in [0.4, 0.5) is 0 Å². The molecule has 7 heteroatoms. The number of aryl methyl sites for hydroxylation is 1. The summed E-state index contributed by atoms with van der Waals surface area (Å²) in [4.78, 5) is 13.3. The molecule has 1 amide bonds. The third-order valence-corrected chi connectivity index (χ3v) is 5.39. The van der Waals surface area contributed by atoms with Gasteiger partial charge >= 0.3 is 0 Å². The number of rotatable bonds is 4. The van der Waals surface area contributed by atoms with Crippen LogP contribution in [0, 0.1) is 6.92 Å². The molecule has 0 saturated carbocycles. The summed E-state index contributed by atoms with van der Waals surface area (Å²) in [6.07, 6.45) is 0.892. The van der Waals surface area contributed by atoms with Gasteiger partial charge in [-0.2, -0.15) is 0 Å². The number of hydrogen-bond acceptors (Lipinski definition) is 4. The first-order valence-electron chi connectivity index (χ1n) is 6.89. The van der Waals surface area contributed by atoms with Crippen molar-refractivity contribution in [1.82, 2.24) is 9.62 Å². The zero-order chi connectivity index (χ0) is 15.6.